The van der Waals surface area contributed by atoms with Crippen LogP contribution in [0.15, 0.2) is 22.6 Å². The first-order chi connectivity index (χ1) is 9.97. The summed E-state index contributed by atoms with van der Waals surface area (Å²) < 4.78 is 5.55. The Morgan fingerprint density at radius 1 is 1.24 bits per heavy atom. The molecule has 0 radical (unpaired) electrons. The highest BCUT2D eigenvalue weighted by molar-refractivity contribution is 7.99. The van der Waals surface area contributed by atoms with E-state index in [0.29, 0.717) is 17.9 Å². The van der Waals surface area contributed by atoms with Crippen LogP contribution in [-0.2, 0) is 4.79 Å². The highest BCUT2D eigenvalue weighted by Gasteiger charge is 2.12. The average Bonchev–Trinajstić information content (AvgIpc) is 2.81. The van der Waals surface area contributed by atoms with Gasteiger partial charge in [0.2, 0.25) is 0 Å². The van der Waals surface area contributed by atoms with E-state index < -0.39 is 5.97 Å². The Morgan fingerprint density at radius 2 is 1.95 bits per heavy atom. The van der Waals surface area contributed by atoms with Crippen LogP contribution in [0.3, 0.4) is 0 Å². The highest BCUT2D eigenvalue weighted by atomic mass is 32.2. The number of amides is 1. The molecule has 0 saturated heterocycles. The summed E-state index contributed by atoms with van der Waals surface area (Å²) in [6.45, 7) is 4.42. The summed E-state index contributed by atoms with van der Waals surface area (Å²) in [5.74, 6) is -0.264. The molecule has 1 aromatic carbocycles. The quantitative estimate of drug-likeness (QED) is 0.802. The Bertz CT molecular complexity index is 639. The number of aliphatic carboxylic acids is 1. The maximum Gasteiger partial charge on any atom is 0.313 e. The van der Waals surface area contributed by atoms with Gasteiger partial charge in [-0.2, -0.15) is 0 Å². The second-order valence-electron chi connectivity index (χ2n) is 4.79. The Hall–Kier alpha value is -1.95. The number of hydrogen-bond donors (Lipinski definition) is 2. The van der Waals surface area contributed by atoms with Crippen LogP contribution in [0, 0.1) is 13.8 Å². The third kappa shape index (κ3) is 4.01. The van der Waals surface area contributed by atoms with Gasteiger partial charge in [0.15, 0.2) is 5.76 Å². The number of carboxylic acids is 1. The van der Waals surface area contributed by atoms with Crippen molar-refractivity contribution in [2.24, 2.45) is 0 Å². The molecule has 21 heavy (non-hydrogen) atoms. The second-order valence-corrected chi connectivity index (χ2v) is 5.89. The molecule has 112 valence electrons. The van der Waals surface area contributed by atoms with Gasteiger partial charge >= 0.3 is 5.97 Å². The van der Waals surface area contributed by atoms with E-state index >= 15 is 0 Å². The van der Waals surface area contributed by atoms with E-state index in [9.17, 15) is 9.59 Å². The number of benzene rings is 1. The molecule has 5 nitrogen and oxygen atoms in total. The van der Waals surface area contributed by atoms with Crippen molar-refractivity contribution in [1.29, 1.82) is 0 Å². The number of carbonyl (C=O) groups is 2. The molecule has 2 N–H and O–H groups in total. The van der Waals surface area contributed by atoms with Crippen molar-refractivity contribution in [3.63, 3.8) is 0 Å². The molecule has 0 spiro atoms. The van der Waals surface area contributed by atoms with Gasteiger partial charge in [-0.3, -0.25) is 9.59 Å². The number of aryl methyl sites for hydroxylation is 2. The van der Waals surface area contributed by atoms with Crippen molar-refractivity contribution >= 4 is 34.6 Å². The minimum atomic E-state index is -0.852. The number of nitrogens with one attached hydrogen (secondary N) is 1. The predicted molar refractivity (Wildman–Crippen MR) is 83.0 cm³/mol. The zero-order valence-electron chi connectivity index (χ0n) is 11.9. The Kier molecular flexibility index (Phi) is 4.90. The lowest BCUT2D eigenvalue weighted by Crippen LogP contribution is -2.25. The molecule has 0 atom stereocenters. The van der Waals surface area contributed by atoms with Gasteiger partial charge in [-0.15, -0.1) is 11.8 Å². The number of furan rings is 1. The third-order valence-electron chi connectivity index (χ3n) is 3.11. The number of thioether (sulfide) groups is 1. The van der Waals surface area contributed by atoms with Crippen LogP contribution in [0.2, 0.25) is 0 Å². The molecule has 0 aliphatic carbocycles. The summed E-state index contributed by atoms with van der Waals surface area (Å²) >= 11 is 1.26. The molecule has 2 rings (SSSR count). The Balaban J connectivity index is 1.95. The van der Waals surface area contributed by atoms with Crippen molar-refractivity contribution < 1.29 is 19.1 Å². The van der Waals surface area contributed by atoms with Crippen molar-refractivity contribution in [1.82, 2.24) is 5.32 Å². The normalized spacial score (nSPS) is 10.8. The van der Waals surface area contributed by atoms with Crippen molar-refractivity contribution in [3.05, 3.63) is 35.1 Å². The molecular weight excluding hydrogens is 290 g/mol. The highest BCUT2D eigenvalue weighted by Crippen LogP contribution is 2.23. The second kappa shape index (κ2) is 6.67. The number of carbonyl (C=O) groups excluding carboxylic acids is 1. The van der Waals surface area contributed by atoms with Crippen molar-refractivity contribution in [2.45, 2.75) is 13.8 Å². The van der Waals surface area contributed by atoms with E-state index in [4.69, 9.17) is 9.52 Å². The maximum absolute atomic E-state index is 12.0. The lowest BCUT2D eigenvalue weighted by Gasteiger charge is -2.01. The SMILES string of the molecule is Cc1cc2cc(C(=O)NCCSCC(=O)O)oc2cc1C. The molecule has 0 fully saturated rings. The molecule has 1 heterocycles. The molecule has 1 aromatic heterocycles. The predicted octanol–water partition coefficient (Wildman–Crippen LogP) is 2.60. The van der Waals surface area contributed by atoms with Gasteiger partial charge in [0.1, 0.15) is 5.58 Å². The topological polar surface area (TPSA) is 79.5 Å². The maximum atomic E-state index is 12.0. The van der Waals surface area contributed by atoms with Gasteiger partial charge in [0.25, 0.3) is 5.91 Å². The van der Waals surface area contributed by atoms with E-state index in [1.165, 1.54) is 11.8 Å². The van der Waals surface area contributed by atoms with Gasteiger partial charge in [-0.25, -0.2) is 0 Å². The first-order valence-electron chi connectivity index (χ1n) is 6.56. The van der Waals surface area contributed by atoms with Crippen LogP contribution in [0.5, 0.6) is 0 Å². The summed E-state index contributed by atoms with van der Waals surface area (Å²) in [5.41, 5.74) is 2.97. The minimum Gasteiger partial charge on any atom is -0.481 e. The van der Waals surface area contributed by atoms with Crippen LogP contribution in [0.25, 0.3) is 11.0 Å². The van der Waals surface area contributed by atoms with Crippen LogP contribution in [0.4, 0.5) is 0 Å². The van der Waals surface area contributed by atoms with Gasteiger partial charge in [-0.1, -0.05) is 0 Å². The van der Waals surface area contributed by atoms with E-state index in [1.54, 1.807) is 6.07 Å². The van der Waals surface area contributed by atoms with Gasteiger partial charge in [0, 0.05) is 17.7 Å². The summed E-state index contributed by atoms with van der Waals surface area (Å²) in [7, 11) is 0. The number of carboxylic acid groups (broad SMARTS) is 1. The summed E-state index contributed by atoms with van der Waals surface area (Å²) in [6.07, 6.45) is 0. The van der Waals surface area contributed by atoms with Crippen molar-refractivity contribution in [3.8, 4) is 0 Å². The minimum absolute atomic E-state index is 0.0407. The standard InChI is InChI=1S/C15H17NO4S/c1-9-5-11-7-13(20-12(11)6-10(9)2)15(19)16-3-4-21-8-14(17)18/h5-7H,3-4,8H2,1-2H3,(H,16,19)(H,17,18). The van der Waals surface area contributed by atoms with Gasteiger partial charge < -0.3 is 14.8 Å². The van der Waals surface area contributed by atoms with Crippen LogP contribution in [-0.4, -0.2) is 35.0 Å². The van der Waals surface area contributed by atoms with Gasteiger partial charge in [0.05, 0.1) is 5.75 Å². The van der Waals surface area contributed by atoms with E-state index in [-0.39, 0.29) is 17.4 Å². The molecule has 0 aliphatic heterocycles. The first-order valence-corrected chi connectivity index (χ1v) is 7.71. The lowest BCUT2D eigenvalue weighted by atomic mass is 10.1. The fourth-order valence-corrected chi connectivity index (χ4v) is 2.46. The van der Waals surface area contributed by atoms with Crippen LogP contribution >= 0.6 is 11.8 Å². The smallest absolute Gasteiger partial charge is 0.313 e. The first kappa shape index (κ1) is 15.4. The third-order valence-corrected chi connectivity index (χ3v) is 4.06. The van der Waals surface area contributed by atoms with E-state index in [2.05, 4.69) is 5.32 Å². The lowest BCUT2D eigenvalue weighted by molar-refractivity contribution is -0.133. The summed E-state index contributed by atoms with van der Waals surface area (Å²) in [6, 6.07) is 5.64. The van der Waals surface area contributed by atoms with Crippen LogP contribution in [0.1, 0.15) is 21.7 Å². The Morgan fingerprint density at radius 3 is 2.67 bits per heavy atom. The molecular formula is C15H17NO4S. The monoisotopic (exact) mass is 307 g/mol. The zero-order chi connectivity index (χ0) is 15.4. The molecule has 0 saturated carbocycles. The molecule has 2 aromatic rings. The van der Waals surface area contributed by atoms with Crippen molar-refractivity contribution in [2.75, 3.05) is 18.1 Å². The zero-order valence-corrected chi connectivity index (χ0v) is 12.8. The number of fused-ring (bicyclic) bond motifs is 1. The largest absolute Gasteiger partial charge is 0.481 e. The van der Waals surface area contributed by atoms with E-state index in [1.807, 2.05) is 26.0 Å². The number of rotatable bonds is 6. The molecule has 0 unspecified atom stereocenters. The fourth-order valence-electron chi connectivity index (χ4n) is 1.90. The van der Waals surface area contributed by atoms with Gasteiger partial charge in [-0.05, 0) is 43.2 Å². The molecule has 0 bridgehead atoms. The number of hydrogen-bond acceptors (Lipinski definition) is 4. The average molecular weight is 307 g/mol. The Labute approximate surface area is 126 Å². The van der Waals surface area contributed by atoms with E-state index in [0.717, 1.165) is 16.5 Å². The fraction of sp³-hybridized carbons (Fsp3) is 0.333. The molecule has 1 amide bonds. The molecule has 6 heteroatoms. The molecule has 0 aliphatic rings. The van der Waals surface area contributed by atoms with Crippen LogP contribution < -0.4 is 5.32 Å². The summed E-state index contributed by atoms with van der Waals surface area (Å²) in [5, 5.41) is 12.1. The summed E-state index contributed by atoms with van der Waals surface area (Å²) in [4.78, 5) is 22.3.